The van der Waals surface area contributed by atoms with Crippen molar-refractivity contribution in [3.63, 3.8) is 0 Å². The molecule has 0 radical (unpaired) electrons. The van der Waals surface area contributed by atoms with E-state index in [2.05, 4.69) is 15.2 Å². The first-order chi connectivity index (χ1) is 13.3. The van der Waals surface area contributed by atoms with Crippen LogP contribution in [0.25, 0.3) is 0 Å². The Hall–Kier alpha value is -2.67. The minimum Gasteiger partial charge on any atom is -0.485 e. The molecule has 1 aliphatic rings. The SMILES string of the molecule is Cc1ccc(NC(=O)[C@@H](C)N2CC[C@H](Oc3cccnc3N(C)C)C2)cc1F. The van der Waals surface area contributed by atoms with Gasteiger partial charge in [0.05, 0.1) is 6.04 Å². The summed E-state index contributed by atoms with van der Waals surface area (Å²) in [4.78, 5) is 20.9. The predicted molar refractivity (Wildman–Crippen MR) is 108 cm³/mol. The Bertz CT molecular complexity index is 843. The quantitative estimate of drug-likeness (QED) is 0.827. The monoisotopic (exact) mass is 386 g/mol. The van der Waals surface area contributed by atoms with E-state index in [9.17, 15) is 9.18 Å². The Labute approximate surface area is 165 Å². The topological polar surface area (TPSA) is 57.7 Å². The van der Waals surface area contributed by atoms with E-state index in [-0.39, 0.29) is 23.9 Å². The number of nitrogens with zero attached hydrogens (tertiary/aromatic N) is 3. The normalized spacial score (nSPS) is 18.0. The van der Waals surface area contributed by atoms with Crippen LogP contribution in [0.4, 0.5) is 15.9 Å². The number of rotatable bonds is 6. The molecule has 1 aliphatic heterocycles. The third-order valence-corrected chi connectivity index (χ3v) is 5.01. The van der Waals surface area contributed by atoms with Gasteiger partial charge in [0.25, 0.3) is 0 Å². The molecule has 28 heavy (non-hydrogen) atoms. The van der Waals surface area contributed by atoms with Crippen molar-refractivity contribution < 1.29 is 13.9 Å². The van der Waals surface area contributed by atoms with Gasteiger partial charge in [-0.25, -0.2) is 9.37 Å². The minimum absolute atomic E-state index is 0.00466. The predicted octanol–water partition coefficient (Wildman–Crippen LogP) is 3.08. The molecule has 0 aliphatic carbocycles. The van der Waals surface area contributed by atoms with E-state index in [0.29, 0.717) is 17.8 Å². The summed E-state index contributed by atoms with van der Waals surface area (Å²) in [5, 5.41) is 2.80. The Morgan fingerprint density at radius 1 is 1.39 bits per heavy atom. The van der Waals surface area contributed by atoms with Crippen molar-refractivity contribution in [2.75, 3.05) is 37.4 Å². The molecule has 2 atom stereocenters. The molecule has 0 bridgehead atoms. The van der Waals surface area contributed by atoms with Crippen LogP contribution in [-0.4, -0.2) is 55.1 Å². The smallest absolute Gasteiger partial charge is 0.241 e. The lowest BCUT2D eigenvalue weighted by molar-refractivity contribution is -0.120. The van der Waals surface area contributed by atoms with Crippen LogP contribution in [0, 0.1) is 12.7 Å². The molecule has 7 heteroatoms. The fourth-order valence-electron chi connectivity index (χ4n) is 3.27. The molecule has 150 valence electrons. The number of nitrogens with one attached hydrogen (secondary N) is 1. The molecular weight excluding hydrogens is 359 g/mol. The second kappa shape index (κ2) is 8.56. The number of pyridine rings is 1. The van der Waals surface area contributed by atoms with Crippen LogP contribution < -0.4 is 15.0 Å². The third-order valence-electron chi connectivity index (χ3n) is 5.01. The molecule has 2 heterocycles. The number of hydrogen-bond donors (Lipinski definition) is 1. The van der Waals surface area contributed by atoms with E-state index in [0.717, 1.165) is 24.5 Å². The van der Waals surface area contributed by atoms with E-state index in [1.807, 2.05) is 38.1 Å². The number of ether oxygens (including phenoxy) is 1. The highest BCUT2D eigenvalue weighted by Gasteiger charge is 2.31. The van der Waals surface area contributed by atoms with Gasteiger partial charge in [-0.15, -0.1) is 0 Å². The van der Waals surface area contributed by atoms with Crippen molar-refractivity contribution in [3.8, 4) is 5.75 Å². The first-order valence-corrected chi connectivity index (χ1v) is 9.45. The molecule has 3 rings (SSSR count). The summed E-state index contributed by atoms with van der Waals surface area (Å²) in [6.45, 7) is 4.97. The molecule has 1 saturated heterocycles. The van der Waals surface area contributed by atoms with Crippen LogP contribution in [-0.2, 0) is 4.79 Å². The van der Waals surface area contributed by atoms with Gasteiger partial charge in [-0.2, -0.15) is 0 Å². The number of anilines is 2. The van der Waals surface area contributed by atoms with Crippen LogP contribution in [0.1, 0.15) is 18.9 Å². The molecule has 6 nitrogen and oxygen atoms in total. The van der Waals surface area contributed by atoms with Crippen molar-refractivity contribution >= 4 is 17.4 Å². The van der Waals surface area contributed by atoms with Gasteiger partial charge in [0.2, 0.25) is 5.91 Å². The molecule has 2 aromatic rings. The Kier molecular flexibility index (Phi) is 6.14. The summed E-state index contributed by atoms with van der Waals surface area (Å²) in [6.07, 6.45) is 2.57. The number of hydrogen-bond acceptors (Lipinski definition) is 5. The van der Waals surface area contributed by atoms with Gasteiger partial charge in [0, 0.05) is 39.1 Å². The average Bonchev–Trinajstić information content (AvgIpc) is 3.12. The summed E-state index contributed by atoms with van der Waals surface area (Å²) in [7, 11) is 3.85. The zero-order valence-electron chi connectivity index (χ0n) is 16.8. The van der Waals surface area contributed by atoms with Crippen LogP contribution in [0.2, 0.25) is 0 Å². The zero-order chi connectivity index (χ0) is 20.3. The van der Waals surface area contributed by atoms with Crippen LogP contribution in [0.15, 0.2) is 36.5 Å². The van der Waals surface area contributed by atoms with Crippen LogP contribution >= 0.6 is 0 Å². The van der Waals surface area contributed by atoms with Gasteiger partial charge in [0.15, 0.2) is 11.6 Å². The van der Waals surface area contributed by atoms with Gasteiger partial charge in [0.1, 0.15) is 11.9 Å². The van der Waals surface area contributed by atoms with Crippen molar-refractivity contribution in [1.82, 2.24) is 9.88 Å². The summed E-state index contributed by atoms with van der Waals surface area (Å²) >= 11 is 0. The number of likely N-dealkylation sites (tertiary alicyclic amines) is 1. The fourth-order valence-corrected chi connectivity index (χ4v) is 3.27. The maximum absolute atomic E-state index is 13.7. The number of carbonyl (C=O) groups excluding carboxylic acids is 1. The van der Waals surface area contributed by atoms with Crippen molar-refractivity contribution in [1.29, 1.82) is 0 Å². The van der Waals surface area contributed by atoms with E-state index < -0.39 is 0 Å². The lowest BCUT2D eigenvalue weighted by Gasteiger charge is -2.24. The lowest BCUT2D eigenvalue weighted by atomic mass is 10.2. The molecule has 1 fully saturated rings. The average molecular weight is 386 g/mol. The Morgan fingerprint density at radius 3 is 2.89 bits per heavy atom. The van der Waals surface area contributed by atoms with Gasteiger partial charge < -0.3 is 15.0 Å². The van der Waals surface area contributed by atoms with Crippen molar-refractivity contribution in [2.45, 2.75) is 32.4 Å². The standard InChI is InChI=1S/C21H27FN4O2/c1-14-7-8-16(12-18(14)22)24-21(27)15(2)26-11-9-17(13-26)28-19-6-5-10-23-20(19)25(3)4/h5-8,10,12,15,17H,9,11,13H2,1-4H3,(H,24,27)/t15-,17+/m1/s1. The first-order valence-electron chi connectivity index (χ1n) is 9.45. The van der Waals surface area contributed by atoms with Gasteiger partial charge in [-0.3, -0.25) is 9.69 Å². The fraction of sp³-hybridized carbons (Fsp3) is 0.429. The van der Waals surface area contributed by atoms with E-state index in [1.54, 1.807) is 25.3 Å². The first kappa shape index (κ1) is 20.1. The largest absolute Gasteiger partial charge is 0.485 e. The number of aryl methyl sites for hydroxylation is 1. The summed E-state index contributed by atoms with van der Waals surface area (Å²) in [6, 6.07) is 8.15. The highest BCUT2D eigenvalue weighted by atomic mass is 19.1. The van der Waals surface area contributed by atoms with Gasteiger partial charge in [-0.05, 0) is 50.1 Å². The molecular formula is C21H27FN4O2. The number of aromatic nitrogens is 1. The molecule has 1 aromatic heterocycles. The van der Waals surface area contributed by atoms with E-state index in [4.69, 9.17) is 4.74 Å². The number of halogens is 1. The number of benzene rings is 1. The minimum atomic E-state index is -0.333. The molecule has 1 amide bonds. The number of amides is 1. The highest BCUT2D eigenvalue weighted by Crippen LogP contribution is 2.27. The van der Waals surface area contributed by atoms with Crippen LogP contribution in [0.5, 0.6) is 5.75 Å². The zero-order valence-corrected chi connectivity index (χ0v) is 16.8. The second-order valence-corrected chi connectivity index (χ2v) is 7.37. The van der Waals surface area contributed by atoms with Gasteiger partial charge in [-0.1, -0.05) is 6.07 Å². The molecule has 1 aromatic carbocycles. The summed E-state index contributed by atoms with van der Waals surface area (Å²) < 4.78 is 19.8. The van der Waals surface area contributed by atoms with Gasteiger partial charge >= 0.3 is 0 Å². The number of carbonyl (C=O) groups is 1. The van der Waals surface area contributed by atoms with E-state index >= 15 is 0 Å². The Balaban J connectivity index is 1.58. The summed E-state index contributed by atoms with van der Waals surface area (Å²) in [5.74, 6) is 1.05. The molecule has 0 saturated carbocycles. The molecule has 0 spiro atoms. The van der Waals surface area contributed by atoms with Crippen LogP contribution in [0.3, 0.4) is 0 Å². The summed E-state index contributed by atoms with van der Waals surface area (Å²) in [5.41, 5.74) is 1.02. The van der Waals surface area contributed by atoms with E-state index in [1.165, 1.54) is 6.07 Å². The lowest BCUT2D eigenvalue weighted by Crippen LogP contribution is -2.41. The maximum atomic E-state index is 13.7. The third kappa shape index (κ3) is 4.59. The second-order valence-electron chi connectivity index (χ2n) is 7.37. The maximum Gasteiger partial charge on any atom is 0.241 e. The highest BCUT2D eigenvalue weighted by molar-refractivity contribution is 5.94. The molecule has 1 N–H and O–H groups in total. The molecule has 0 unspecified atom stereocenters. The van der Waals surface area contributed by atoms with Crippen molar-refractivity contribution in [2.24, 2.45) is 0 Å². The van der Waals surface area contributed by atoms with Crippen molar-refractivity contribution in [3.05, 3.63) is 47.9 Å². The Morgan fingerprint density at radius 2 is 2.18 bits per heavy atom.